The zero-order chi connectivity index (χ0) is 26.0. The van der Waals surface area contributed by atoms with Crippen LogP contribution in [0.3, 0.4) is 0 Å². The summed E-state index contributed by atoms with van der Waals surface area (Å²) in [6, 6.07) is 45.9. The summed E-state index contributed by atoms with van der Waals surface area (Å²) in [5.41, 5.74) is 9.40. The molecule has 1 amide bonds. The third-order valence-corrected chi connectivity index (χ3v) is 7.09. The molecule has 6 rings (SSSR count). The Balaban J connectivity index is 0.000000291. The molecule has 0 heterocycles. The molecule has 40 heavy (non-hydrogen) atoms. The molecule has 0 aromatic heterocycles. The van der Waals surface area contributed by atoms with E-state index >= 15 is 0 Å². The van der Waals surface area contributed by atoms with E-state index in [1.807, 2.05) is 19.9 Å². The van der Waals surface area contributed by atoms with Crippen LogP contribution in [0.4, 0.5) is 0 Å². The Bertz CT molecular complexity index is 1500. The summed E-state index contributed by atoms with van der Waals surface area (Å²) >= 11 is 0. The van der Waals surface area contributed by atoms with Crippen molar-refractivity contribution in [1.82, 2.24) is 0 Å². The number of aryl methyl sites for hydroxylation is 2. The van der Waals surface area contributed by atoms with Gasteiger partial charge in [-0.05, 0) is 19.4 Å². The Morgan fingerprint density at radius 1 is 0.600 bits per heavy atom. The molecule has 6 aromatic carbocycles. The van der Waals surface area contributed by atoms with Gasteiger partial charge in [0, 0.05) is 0 Å². The first-order valence-electron chi connectivity index (χ1n) is 12.2. The van der Waals surface area contributed by atoms with Crippen LogP contribution < -0.4 is 35.2 Å². The van der Waals surface area contributed by atoms with Crippen LogP contribution >= 0.6 is 0 Å². The number of carbonyl (C=O) groups excluding carboxylic acids is 1. The van der Waals surface area contributed by atoms with Crippen LogP contribution in [0.2, 0.25) is 0 Å². The van der Waals surface area contributed by atoms with Crippen molar-refractivity contribution in [3.8, 4) is 0 Å². The normalized spacial score (nSPS) is 9.45. The van der Waals surface area contributed by atoms with E-state index in [0.29, 0.717) is 5.56 Å². The van der Waals surface area contributed by atoms with Crippen molar-refractivity contribution >= 4 is 47.3 Å². The van der Waals surface area contributed by atoms with E-state index in [9.17, 15) is 4.79 Å². The van der Waals surface area contributed by atoms with Crippen LogP contribution in [0.25, 0.3) is 27.3 Å². The molecule has 0 saturated carbocycles. The van der Waals surface area contributed by atoms with Gasteiger partial charge in [-0.1, -0.05) is 137 Å². The van der Waals surface area contributed by atoms with Crippen LogP contribution in [0.5, 0.6) is 0 Å². The number of benzene rings is 5. The number of amides is 1. The molecule has 0 atom stereocenters. The molecule has 6 heteroatoms. The summed E-state index contributed by atoms with van der Waals surface area (Å²) in [6.07, 6.45) is 0. The number of fused-ring (bicyclic) bond motifs is 3. The van der Waals surface area contributed by atoms with E-state index in [-0.39, 0.29) is 46.5 Å². The molecule has 0 saturated heterocycles. The fourth-order valence-electron chi connectivity index (χ4n) is 4.22. The Hall–Kier alpha value is -3.05. The number of rotatable bonds is 3. The first-order valence-corrected chi connectivity index (χ1v) is 13.2. The summed E-state index contributed by atoms with van der Waals surface area (Å²) < 4.78 is 0. The van der Waals surface area contributed by atoms with Gasteiger partial charge < -0.3 is 35.3 Å². The average molecular weight is 614 g/mol. The fourth-order valence-corrected chi connectivity index (χ4v) is 5.27. The number of carbonyl (C=O) groups is 1. The van der Waals surface area contributed by atoms with Crippen LogP contribution in [-0.2, 0) is 21.7 Å². The minimum absolute atomic E-state index is 0. The maximum absolute atomic E-state index is 10.6. The molecular formula is C34H29Cl2NOSiTi. The van der Waals surface area contributed by atoms with Gasteiger partial charge in [-0.2, -0.15) is 0 Å². The second kappa shape index (κ2) is 17.6. The SMILES string of the molecule is Cc1cc(C)cc(C([NH-])=O)c1.[Cl-].[Cl-].[Ti+4].c1ccc([Si]c2ccccc2)cc1.c1ccc2c(c1)[cH-]c1ccccc12. The maximum atomic E-state index is 10.6. The van der Waals surface area contributed by atoms with E-state index in [2.05, 4.69) is 115 Å². The van der Waals surface area contributed by atoms with Crippen LogP contribution in [0, 0.1) is 13.8 Å². The summed E-state index contributed by atoms with van der Waals surface area (Å²) in [7, 11) is 0.777. The zero-order valence-corrected chi connectivity index (χ0v) is 26.4. The van der Waals surface area contributed by atoms with E-state index in [4.69, 9.17) is 5.73 Å². The standard InChI is InChI=1S/C13H9.C12H10Si.C9H11NO.2ClH.Ti/c1-3-7-12-10(5-1)9-11-6-2-4-8-13(11)12;1-3-7-11(8-4-1)13-12-9-5-2-6-10-12;1-6-3-7(2)5-8(4-6)9(10)11;;;/h1-9H;1-10H;3-5H,1-2H3,(H2,10,11);2*1H;/q-1;;;;;+4/p-3. The topological polar surface area (TPSA) is 40.9 Å². The van der Waals surface area contributed by atoms with E-state index < -0.39 is 5.91 Å². The molecular weight excluding hydrogens is 585 g/mol. The first kappa shape index (κ1) is 35.0. The molecule has 2 radical (unpaired) electrons. The third-order valence-electron chi connectivity index (χ3n) is 5.84. The summed E-state index contributed by atoms with van der Waals surface area (Å²) in [5, 5.41) is 8.19. The molecule has 0 aliphatic heterocycles. The van der Waals surface area contributed by atoms with Crippen molar-refractivity contribution in [3.05, 3.63) is 156 Å². The fraction of sp³-hybridized carbons (Fsp3) is 0.0588. The molecule has 198 valence electrons. The number of nitrogens with one attached hydrogen (secondary N) is 1. The Morgan fingerprint density at radius 2 is 0.975 bits per heavy atom. The van der Waals surface area contributed by atoms with Gasteiger partial charge in [-0.25, -0.2) is 0 Å². The second-order valence-electron chi connectivity index (χ2n) is 8.88. The molecule has 0 fully saturated rings. The van der Waals surface area contributed by atoms with Gasteiger partial charge >= 0.3 is 21.7 Å². The molecule has 0 aliphatic rings. The van der Waals surface area contributed by atoms with Crippen LogP contribution in [-0.4, -0.2) is 15.4 Å². The van der Waals surface area contributed by atoms with Gasteiger partial charge in [0.25, 0.3) is 0 Å². The van der Waals surface area contributed by atoms with Crippen molar-refractivity contribution in [1.29, 1.82) is 0 Å². The smallest absolute Gasteiger partial charge is 1.00 e. The molecule has 1 N–H and O–H groups in total. The van der Waals surface area contributed by atoms with E-state index in [0.717, 1.165) is 20.6 Å². The van der Waals surface area contributed by atoms with Crippen LogP contribution in [0.15, 0.2) is 133 Å². The predicted octanol–water partition coefficient (Wildman–Crippen LogP) is 1.55. The largest absolute Gasteiger partial charge is 4.00 e. The third kappa shape index (κ3) is 10.2. The average Bonchev–Trinajstić information content (AvgIpc) is 3.29. The van der Waals surface area contributed by atoms with Crippen molar-refractivity contribution in [2.75, 3.05) is 0 Å². The minimum Gasteiger partial charge on any atom is -1.00 e. The maximum Gasteiger partial charge on any atom is 4.00 e. The Morgan fingerprint density at radius 3 is 1.38 bits per heavy atom. The molecule has 0 spiro atoms. The molecule has 0 aliphatic carbocycles. The number of hydrogen-bond acceptors (Lipinski definition) is 1. The molecule has 6 aromatic rings. The quantitative estimate of drug-likeness (QED) is 0.221. The molecule has 2 nitrogen and oxygen atoms in total. The number of hydrogen-bond donors (Lipinski definition) is 0. The summed E-state index contributed by atoms with van der Waals surface area (Å²) in [4.78, 5) is 10.6. The van der Waals surface area contributed by atoms with Gasteiger partial charge in [0.05, 0.1) is 5.91 Å². The van der Waals surface area contributed by atoms with Gasteiger partial charge in [0.1, 0.15) is 9.52 Å². The molecule has 0 bridgehead atoms. The number of halogens is 2. The summed E-state index contributed by atoms with van der Waals surface area (Å²) in [6.45, 7) is 3.83. The summed E-state index contributed by atoms with van der Waals surface area (Å²) in [5.74, 6) is -0.614. The van der Waals surface area contributed by atoms with Crippen LogP contribution in [0.1, 0.15) is 21.5 Å². The van der Waals surface area contributed by atoms with Crippen molar-refractivity contribution in [2.45, 2.75) is 13.8 Å². The van der Waals surface area contributed by atoms with Gasteiger partial charge in [-0.15, -0.1) is 39.7 Å². The zero-order valence-electron chi connectivity index (χ0n) is 22.4. The van der Waals surface area contributed by atoms with Crippen molar-refractivity contribution in [3.63, 3.8) is 0 Å². The van der Waals surface area contributed by atoms with Gasteiger partial charge in [-0.3, -0.25) is 0 Å². The van der Waals surface area contributed by atoms with E-state index in [1.54, 1.807) is 12.1 Å². The van der Waals surface area contributed by atoms with Gasteiger partial charge in [0.2, 0.25) is 0 Å². The Kier molecular flexibility index (Phi) is 15.4. The Labute approximate surface area is 266 Å². The van der Waals surface area contributed by atoms with E-state index in [1.165, 1.54) is 31.9 Å². The van der Waals surface area contributed by atoms with Crippen molar-refractivity contribution < 1.29 is 51.3 Å². The predicted molar refractivity (Wildman–Crippen MR) is 160 cm³/mol. The second-order valence-corrected chi connectivity index (χ2v) is 10.3. The first-order chi connectivity index (χ1) is 18.0. The minimum atomic E-state index is -0.614. The molecule has 0 unspecified atom stereocenters. The van der Waals surface area contributed by atoms with Crippen molar-refractivity contribution in [2.24, 2.45) is 0 Å². The van der Waals surface area contributed by atoms with Gasteiger partial charge in [0.15, 0.2) is 0 Å². The monoisotopic (exact) mass is 613 g/mol.